The number of rotatable bonds is 6. The molecule has 0 atom stereocenters. The van der Waals surface area contributed by atoms with Crippen LogP contribution >= 0.6 is 0 Å². The summed E-state index contributed by atoms with van der Waals surface area (Å²) in [7, 11) is 0. The summed E-state index contributed by atoms with van der Waals surface area (Å²) >= 11 is 0. The molecule has 5 nitrogen and oxygen atoms in total. The maximum absolute atomic E-state index is 11.1. The van der Waals surface area contributed by atoms with E-state index in [1.807, 2.05) is 0 Å². The zero-order valence-electron chi connectivity index (χ0n) is 12.8. The van der Waals surface area contributed by atoms with E-state index in [1.165, 1.54) is 50.3 Å². The molecule has 0 aliphatic heterocycles. The predicted molar refractivity (Wildman–Crippen MR) is 84.6 cm³/mol. The van der Waals surface area contributed by atoms with Gasteiger partial charge in [0.05, 0.1) is 11.1 Å². The van der Waals surface area contributed by atoms with Crippen LogP contribution in [0.15, 0.2) is 18.2 Å². The molecule has 120 valence electrons. The lowest BCUT2D eigenvalue weighted by Crippen LogP contribution is -2.21. The van der Waals surface area contributed by atoms with E-state index in [4.69, 9.17) is 10.2 Å². The van der Waals surface area contributed by atoms with E-state index in [1.54, 1.807) is 0 Å². The molecule has 3 N–H and O–H groups in total. The Hall–Kier alpha value is -2.04. The molecule has 1 saturated carbocycles. The third-order valence-electron chi connectivity index (χ3n) is 4.57. The van der Waals surface area contributed by atoms with Crippen molar-refractivity contribution in [2.45, 2.75) is 39.0 Å². The molecule has 0 aromatic heterocycles. The molecule has 1 aliphatic carbocycles. The van der Waals surface area contributed by atoms with Gasteiger partial charge in [0.15, 0.2) is 0 Å². The van der Waals surface area contributed by atoms with E-state index < -0.39 is 11.9 Å². The third kappa shape index (κ3) is 4.23. The first-order chi connectivity index (χ1) is 10.5. The van der Waals surface area contributed by atoms with Gasteiger partial charge in [0, 0.05) is 12.2 Å². The Morgan fingerprint density at radius 1 is 1.00 bits per heavy atom. The highest BCUT2D eigenvalue weighted by molar-refractivity contribution is 5.95. The molecular weight excluding hydrogens is 282 g/mol. The minimum Gasteiger partial charge on any atom is -0.478 e. The fourth-order valence-electron chi connectivity index (χ4n) is 3.08. The van der Waals surface area contributed by atoms with Gasteiger partial charge >= 0.3 is 11.9 Å². The van der Waals surface area contributed by atoms with E-state index in [2.05, 4.69) is 12.2 Å². The van der Waals surface area contributed by atoms with Crippen molar-refractivity contribution in [1.82, 2.24) is 0 Å². The number of carbonyl (C=O) groups is 2. The summed E-state index contributed by atoms with van der Waals surface area (Å²) in [5.74, 6) is -0.820. The maximum atomic E-state index is 11.1. The van der Waals surface area contributed by atoms with Crippen molar-refractivity contribution in [3.8, 4) is 0 Å². The number of carboxylic acids is 2. The molecule has 5 heteroatoms. The van der Waals surface area contributed by atoms with Crippen LogP contribution < -0.4 is 5.32 Å². The highest BCUT2D eigenvalue weighted by Crippen LogP contribution is 2.30. The average Bonchev–Trinajstić information content (AvgIpc) is 2.53. The topological polar surface area (TPSA) is 86.6 Å². The van der Waals surface area contributed by atoms with E-state index in [0.29, 0.717) is 11.6 Å². The minimum atomic E-state index is -1.12. The molecule has 0 bridgehead atoms. The van der Waals surface area contributed by atoms with Gasteiger partial charge < -0.3 is 15.5 Å². The van der Waals surface area contributed by atoms with Crippen LogP contribution in [0.4, 0.5) is 5.69 Å². The molecule has 1 aliphatic rings. The lowest BCUT2D eigenvalue weighted by molar-refractivity contribution is 0.0696. The van der Waals surface area contributed by atoms with Gasteiger partial charge in [-0.2, -0.15) is 0 Å². The number of aromatic carboxylic acids is 2. The fraction of sp³-hybridized carbons (Fsp3) is 0.529. The standard InChI is InChI=1S/C17H23NO4/c1-2-11-3-5-12(6-4-11)10-18-15-8-13(16(19)20)7-14(9-15)17(21)22/h7-9,11-12,18H,2-6,10H2,1H3,(H,19,20)(H,21,22). The Morgan fingerprint density at radius 3 is 1.95 bits per heavy atom. The van der Waals surface area contributed by atoms with Crippen molar-refractivity contribution in [3.63, 3.8) is 0 Å². The third-order valence-corrected chi connectivity index (χ3v) is 4.57. The molecule has 0 radical (unpaired) electrons. The summed E-state index contributed by atoms with van der Waals surface area (Å²) < 4.78 is 0. The second kappa shape index (κ2) is 7.29. The lowest BCUT2D eigenvalue weighted by atomic mass is 9.81. The summed E-state index contributed by atoms with van der Waals surface area (Å²) in [5.41, 5.74) is 0.559. The zero-order valence-corrected chi connectivity index (χ0v) is 12.8. The smallest absolute Gasteiger partial charge is 0.335 e. The highest BCUT2D eigenvalue weighted by atomic mass is 16.4. The highest BCUT2D eigenvalue weighted by Gasteiger charge is 2.20. The molecule has 0 heterocycles. The van der Waals surface area contributed by atoms with E-state index >= 15 is 0 Å². The fourth-order valence-corrected chi connectivity index (χ4v) is 3.08. The van der Waals surface area contributed by atoms with Gasteiger partial charge in [-0.3, -0.25) is 0 Å². The van der Waals surface area contributed by atoms with Crippen molar-refractivity contribution < 1.29 is 19.8 Å². The molecule has 1 fully saturated rings. The Morgan fingerprint density at radius 2 is 1.50 bits per heavy atom. The van der Waals surface area contributed by atoms with Crippen LogP contribution in [0, 0.1) is 11.8 Å². The first kappa shape index (κ1) is 16.3. The van der Waals surface area contributed by atoms with Crippen LogP contribution in [0.1, 0.15) is 59.7 Å². The summed E-state index contributed by atoms with van der Waals surface area (Å²) in [6.45, 7) is 2.99. The van der Waals surface area contributed by atoms with Crippen LogP contribution in [0.25, 0.3) is 0 Å². The van der Waals surface area contributed by atoms with Gasteiger partial charge in [0.1, 0.15) is 0 Å². The van der Waals surface area contributed by atoms with Gasteiger partial charge in [0.2, 0.25) is 0 Å². The van der Waals surface area contributed by atoms with E-state index in [0.717, 1.165) is 12.5 Å². The van der Waals surface area contributed by atoms with Gasteiger partial charge in [0.25, 0.3) is 0 Å². The van der Waals surface area contributed by atoms with Gasteiger partial charge in [-0.1, -0.05) is 26.2 Å². The Kier molecular flexibility index (Phi) is 5.41. The quantitative estimate of drug-likeness (QED) is 0.746. The van der Waals surface area contributed by atoms with Crippen molar-refractivity contribution in [2.24, 2.45) is 11.8 Å². The second-order valence-corrected chi connectivity index (χ2v) is 6.09. The molecular formula is C17H23NO4. The van der Waals surface area contributed by atoms with Crippen LogP contribution in [-0.2, 0) is 0 Å². The maximum Gasteiger partial charge on any atom is 0.335 e. The minimum absolute atomic E-state index is 0.00269. The van der Waals surface area contributed by atoms with E-state index in [9.17, 15) is 9.59 Å². The van der Waals surface area contributed by atoms with Crippen LogP contribution in [-0.4, -0.2) is 28.7 Å². The first-order valence-corrected chi connectivity index (χ1v) is 7.85. The number of carboxylic acid groups (broad SMARTS) is 2. The van der Waals surface area contributed by atoms with Gasteiger partial charge in [-0.25, -0.2) is 9.59 Å². The number of hydrogen-bond donors (Lipinski definition) is 3. The summed E-state index contributed by atoms with van der Waals surface area (Å²) in [4.78, 5) is 22.2. The van der Waals surface area contributed by atoms with Crippen molar-refractivity contribution in [1.29, 1.82) is 0 Å². The number of anilines is 1. The van der Waals surface area contributed by atoms with Crippen molar-refractivity contribution >= 4 is 17.6 Å². The number of benzene rings is 1. The number of nitrogens with one attached hydrogen (secondary N) is 1. The summed E-state index contributed by atoms with van der Waals surface area (Å²) in [6, 6.07) is 4.17. The monoisotopic (exact) mass is 305 g/mol. The molecule has 0 spiro atoms. The first-order valence-electron chi connectivity index (χ1n) is 7.85. The zero-order chi connectivity index (χ0) is 16.1. The molecule has 0 amide bonds. The van der Waals surface area contributed by atoms with Crippen LogP contribution in [0.2, 0.25) is 0 Å². The average molecular weight is 305 g/mol. The molecule has 0 saturated heterocycles. The van der Waals surface area contributed by atoms with Gasteiger partial charge in [-0.05, 0) is 42.9 Å². The summed E-state index contributed by atoms with van der Waals surface area (Å²) in [6.07, 6.45) is 6.09. The Bertz CT molecular complexity index is 515. The van der Waals surface area contributed by atoms with Crippen LogP contribution in [0.5, 0.6) is 0 Å². The SMILES string of the molecule is CCC1CCC(CNc2cc(C(=O)O)cc(C(=O)O)c2)CC1. The normalized spacial score (nSPS) is 21.3. The Balaban J connectivity index is 2.00. The van der Waals surface area contributed by atoms with Crippen molar-refractivity contribution in [3.05, 3.63) is 29.3 Å². The lowest BCUT2D eigenvalue weighted by Gasteiger charge is -2.28. The Labute approximate surface area is 130 Å². The molecule has 1 aromatic rings. The van der Waals surface area contributed by atoms with Crippen LogP contribution in [0.3, 0.4) is 0 Å². The second-order valence-electron chi connectivity index (χ2n) is 6.09. The largest absolute Gasteiger partial charge is 0.478 e. The molecule has 22 heavy (non-hydrogen) atoms. The molecule has 2 rings (SSSR count). The molecule has 1 aromatic carbocycles. The van der Waals surface area contributed by atoms with E-state index in [-0.39, 0.29) is 11.1 Å². The molecule has 0 unspecified atom stereocenters. The summed E-state index contributed by atoms with van der Waals surface area (Å²) in [5, 5.41) is 21.3. The van der Waals surface area contributed by atoms with Gasteiger partial charge in [-0.15, -0.1) is 0 Å². The predicted octanol–water partition coefficient (Wildman–Crippen LogP) is 3.71. The van der Waals surface area contributed by atoms with Crippen molar-refractivity contribution in [2.75, 3.05) is 11.9 Å². The number of hydrogen-bond acceptors (Lipinski definition) is 3.